The smallest absolute Gasteiger partial charge is 0.381 e. The first-order chi connectivity index (χ1) is 7.38. The van der Waals surface area contributed by atoms with Crippen LogP contribution in [0.15, 0.2) is 12.1 Å². The Morgan fingerprint density at radius 1 is 1.44 bits per heavy atom. The first-order valence-electron chi connectivity index (χ1n) is 4.98. The number of pyridine rings is 1. The zero-order chi connectivity index (χ0) is 11.9. The van der Waals surface area contributed by atoms with Gasteiger partial charge < -0.3 is 11.1 Å². The Balaban J connectivity index is 2.42. The summed E-state index contributed by atoms with van der Waals surface area (Å²) >= 11 is 0. The average molecular weight is 231 g/mol. The van der Waals surface area contributed by atoms with E-state index in [0.29, 0.717) is 17.8 Å². The molecule has 0 aromatic carbocycles. The molecule has 0 fully saturated rings. The molecule has 16 heavy (non-hydrogen) atoms. The van der Waals surface area contributed by atoms with Crippen molar-refractivity contribution in [1.29, 1.82) is 0 Å². The van der Waals surface area contributed by atoms with Gasteiger partial charge in [-0.05, 0) is 25.5 Å². The summed E-state index contributed by atoms with van der Waals surface area (Å²) in [5.74, 6) is 0. The average Bonchev–Trinajstić information content (AvgIpc) is 2.15. The number of nitrogens with two attached hydrogens (primary N) is 1. The number of aromatic nitrogens is 1. The molecule has 0 aliphatic carbocycles. The van der Waals surface area contributed by atoms with E-state index in [-0.39, 0.29) is 6.04 Å². The number of fused-ring (bicyclic) bond motifs is 1. The Morgan fingerprint density at radius 3 is 2.75 bits per heavy atom. The minimum atomic E-state index is -4.42. The third-order valence-corrected chi connectivity index (χ3v) is 2.58. The fourth-order valence-electron chi connectivity index (χ4n) is 1.85. The number of anilines is 1. The van der Waals surface area contributed by atoms with Gasteiger partial charge in [0.05, 0.1) is 17.4 Å². The standard InChI is InChI=1S/C10H12F3N3/c1-5-4-6(14)9-7(15-5)2-3-8(16-9)10(11,12)13/h2-3,5-6,15H,4,14H2,1H3/t5-,6+/m1/s1. The molecule has 88 valence electrons. The molecular weight excluding hydrogens is 219 g/mol. The van der Waals surface area contributed by atoms with Gasteiger partial charge >= 0.3 is 6.18 Å². The van der Waals surface area contributed by atoms with Gasteiger partial charge in [-0.1, -0.05) is 0 Å². The second-order valence-corrected chi connectivity index (χ2v) is 4.01. The fraction of sp³-hybridized carbons (Fsp3) is 0.500. The Morgan fingerprint density at radius 2 is 2.12 bits per heavy atom. The van der Waals surface area contributed by atoms with Crippen molar-refractivity contribution in [2.45, 2.75) is 31.6 Å². The SMILES string of the molecule is C[C@@H]1C[C@H](N)c2nc(C(F)(F)F)ccc2N1. The van der Waals surface area contributed by atoms with E-state index in [4.69, 9.17) is 5.73 Å². The molecule has 0 spiro atoms. The normalized spacial score (nSPS) is 24.8. The summed E-state index contributed by atoms with van der Waals surface area (Å²) in [5.41, 5.74) is 5.78. The van der Waals surface area contributed by atoms with Crippen molar-refractivity contribution in [2.75, 3.05) is 5.32 Å². The van der Waals surface area contributed by atoms with Crippen molar-refractivity contribution in [2.24, 2.45) is 5.73 Å². The van der Waals surface area contributed by atoms with Gasteiger partial charge in [0, 0.05) is 6.04 Å². The van der Waals surface area contributed by atoms with Gasteiger partial charge in [-0.15, -0.1) is 0 Å². The number of alkyl halides is 3. The molecule has 1 aromatic rings. The molecule has 1 aromatic heterocycles. The molecule has 6 heteroatoms. The van der Waals surface area contributed by atoms with Gasteiger partial charge in [-0.3, -0.25) is 0 Å². The van der Waals surface area contributed by atoms with Gasteiger partial charge in [0.15, 0.2) is 0 Å². The highest BCUT2D eigenvalue weighted by Crippen LogP contribution is 2.34. The lowest BCUT2D eigenvalue weighted by Crippen LogP contribution is -2.31. The van der Waals surface area contributed by atoms with Crippen molar-refractivity contribution in [3.8, 4) is 0 Å². The highest BCUT2D eigenvalue weighted by Gasteiger charge is 2.34. The molecule has 2 atom stereocenters. The largest absolute Gasteiger partial charge is 0.433 e. The molecule has 0 unspecified atom stereocenters. The molecule has 1 aliphatic heterocycles. The molecule has 0 amide bonds. The van der Waals surface area contributed by atoms with E-state index in [1.54, 1.807) is 0 Å². The van der Waals surface area contributed by atoms with E-state index in [0.717, 1.165) is 6.07 Å². The maximum Gasteiger partial charge on any atom is 0.433 e. The van der Waals surface area contributed by atoms with Crippen LogP contribution in [0.5, 0.6) is 0 Å². The number of nitrogens with zero attached hydrogens (tertiary/aromatic N) is 1. The molecule has 3 N–H and O–H groups in total. The van der Waals surface area contributed by atoms with Crippen LogP contribution in [-0.4, -0.2) is 11.0 Å². The molecule has 0 bridgehead atoms. The topological polar surface area (TPSA) is 50.9 Å². The van der Waals surface area contributed by atoms with Crippen LogP contribution < -0.4 is 11.1 Å². The lowest BCUT2D eigenvalue weighted by atomic mass is 9.99. The highest BCUT2D eigenvalue weighted by molar-refractivity contribution is 5.52. The number of rotatable bonds is 0. The second kappa shape index (κ2) is 3.62. The van der Waals surface area contributed by atoms with Gasteiger partial charge in [-0.25, -0.2) is 4.98 Å². The van der Waals surface area contributed by atoms with Crippen molar-refractivity contribution < 1.29 is 13.2 Å². The van der Waals surface area contributed by atoms with Gasteiger partial charge in [-0.2, -0.15) is 13.2 Å². The molecule has 3 nitrogen and oxygen atoms in total. The Hall–Kier alpha value is -1.30. The van der Waals surface area contributed by atoms with Gasteiger partial charge in [0.25, 0.3) is 0 Å². The predicted molar refractivity (Wildman–Crippen MR) is 53.9 cm³/mol. The molecule has 2 heterocycles. The number of hydrogen-bond donors (Lipinski definition) is 2. The van der Waals surface area contributed by atoms with Crippen LogP contribution in [0, 0.1) is 0 Å². The van der Waals surface area contributed by atoms with Crippen LogP contribution in [-0.2, 0) is 6.18 Å². The summed E-state index contributed by atoms with van der Waals surface area (Å²) in [6, 6.07) is 2.08. The summed E-state index contributed by atoms with van der Waals surface area (Å²) in [7, 11) is 0. The summed E-state index contributed by atoms with van der Waals surface area (Å²) in [4.78, 5) is 3.59. The molecule has 0 saturated carbocycles. The van der Waals surface area contributed by atoms with Crippen LogP contribution in [0.2, 0.25) is 0 Å². The monoisotopic (exact) mass is 231 g/mol. The first-order valence-corrected chi connectivity index (χ1v) is 4.98. The molecule has 0 radical (unpaired) electrons. The number of hydrogen-bond acceptors (Lipinski definition) is 3. The van der Waals surface area contributed by atoms with Gasteiger partial charge in [0.2, 0.25) is 0 Å². The maximum absolute atomic E-state index is 12.4. The number of halogens is 3. The molecule has 0 saturated heterocycles. The van der Waals surface area contributed by atoms with Crippen LogP contribution in [0.25, 0.3) is 0 Å². The van der Waals surface area contributed by atoms with Crippen LogP contribution in [0.1, 0.15) is 30.8 Å². The Labute approximate surface area is 90.9 Å². The lowest BCUT2D eigenvalue weighted by Gasteiger charge is -2.28. The third kappa shape index (κ3) is 1.97. The van der Waals surface area contributed by atoms with Crippen molar-refractivity contribution >= 4 is 5.69 Å². The summed E-state index contributed by atoms with van der Waals surface area (Å²) in [6.07, 6.45) is -3.83. The number of nitrogens with one attached hydrogen (secondary N) is 1. The van der Waals surface area contributed by atoms with Crippen molar-refractivity contribution in [1.82, 2.24) is 4.98 Å². The van der Waals surface area contributed by atoms with Crippen molar-refractivity contribution in [3.05, 3.63) is 23.5 Å². The molecule has 2 rings (SSSR count). The lowest BCUT2D eigenvalue weighted by molar-refractivity contribution is -0.141. The Bertz CT molecular complexity index is 403. The predicted octanol–water partition coefficient (Wildman–Crippen LogP) is 2.30. The van der Waals surface area contributed by atoms with E-state index < -0.39 is 17.9 Å². The third-order valence-electron chi connectivity index (χ3n) is 2.58. The minimum absolute atomic E-state index is 0.154. The van der Waals surface area contributed by atoms with Gasteiger partial charge in [0.1, 0.15) is 5.69 Å². The quantitative estimate of drug-likeness (QED) is 0.720. The maximum atomic E-state index is 12.4. The van der Waals surface area contributed by atoms with E-state index in [9.17, 15) is 13.2 Å². The first kappa shape index (κ1) is 11.2. The highest BCUT2D eigenvalue weighted by atomic mass is 19.4. The molecular formula is C10H12F3N3. The zero-order valence-electron chi connectivity index (χ0n) is 8.67. The van der Waals surface area contributed by atoms with Crippen molar-refractivity contribution in [3.63, 3.8) is 0 Å². The minimum Gasteiger partial charge on any atom is -0.381 e. The van der Waals surface area contributed by atoms with E-state index in [2.05, 4.69) is 10.3 Å². The summed E-state index contributed by atoms with van der Waals surface area (Å²) in [5, 5.41) is 3.06. The summed E-state index contributed by atoms with van der Waals surface area (Å²) in [6.45, 7) is 1.93. The summed E-state index contributed by atoms with van der Waals surface area (Å²) < 4.78 is 37.3. The van der Waals surface area contributed by atoms with Crippen LogP contribution in [0.3, 0.4) is 0 Å². The van der Waals surface area contributed by atoms with E-state index in [1.807, 2.05) is 6.92 Å². The Kier molecular flexibility index (Phi) is 2.53. The zero-order valence-corrected chi connectivity index (χ0v) is 8.67. The van der Waals surface area contributed by atoms with Crippen LogP contribution in [0.4, 0.5) is 18.9 Å². The van der Waals surface area contributed by atoms with E-state index >= 15 is 0 Å². The fourth-order valence-corrected chi connectivity index (χ4v) is 1.85. The molecule has 1 aliphatic rings. The second-order valence-electron chi connectivity index (χ2n) is 4.01. The van der Waals surface area contributed by atoms with E-state index in [1.165, 1.54) is 6.07 Å². The van der Waals surface area contributed by atoms with Crippen LogP contribution >= 0.6 is 0 Å².